The Hall–Kier alpha value is -0.170. The molecule has 5 nitrogen and oxygen atoms in total. The second kappa shape index (κ2) is 5.68. The first-order valence-electron chi connectivity index (χ1n) is 7.61. The molecule has 1 aliphatic carbocycles. The highest BCUT2D eigenvalue weighted by molar-refractivity contribution is 7.89. The van der Waals surface area contributed by atoms with E-state index in [1.54, 1.807) is 4.31 Å². The van der Waals surface area contributed by atoms with Crippen LogP contribution >= 0.6 is 0 Å². The lowest BCUT2D eigenvalue weighted by molar-refractivity contribution is 0.138. The van der Waals surface area contributed by atoms with Crippen LogP contribution in [0.4, 0.5) is 0 Å². The lowest BCUT2D eigenvalue weighted by Gasteiger charge is -2.38. The first-order valence-corrected chi connectivity index (χ1v) is 9.12. The van der Waals surface area contributed by atoms with Crippen molar-refractivity contribution in [1.29, 1.82) is 0 Å². The van der Waals surface area contributed by atoms with Crippen LogP contribution in [-0.2, 0) is 10.0 Å². The molecular weight excluding hydrogens is 262 g/mol. The van der Waals surface area contributed by atoms with Crippen LogP contribution in [0.3, 0.4) is 0 Å². The van der Waals surface area contributed by atoms with Crippen LogP contribution in [0, 0.1) is 0 Å². The van der Waals surface area contributed by atoms with E-state index >= 15 is 0 Å². The summed E-state index contributed by atoms with van der Waals surface area (Å²) in [6, 6.07) is 0.720. The average molecular weight is 287 g/mol. The second-order valence-corrected chi connectivity index (χ2v) is 8.25. The van der Waals surface area contributed by atoms with Gasteiger partial charge in [0.2, 0.25) is 10.0 Å². The molecular formula is C13H25N3O2S. The molecule has 110 valence electrons. The highest BCUT2D eigenvalue weighted by atomic mass is 32.2. The Morgan fingerprint density at radius 1 is 0.947 bits per heavy atom. The van der Waals surface area contributed by atoms with Crippen molar-refractivity contribution < 1.29 is 8.42 Å². The van der Waals surface area contributed by atoms with Gasteiger partial charge in [0.15, 0.2) is 0 Å². The van der Waals surface area contributed by atoms with Crippen LogP contribution < -0.4 is 5.32 Å². The third-order valence-electron chi connectivity index (χ3n) is 4.91. The van der Waals surface area contributed by atoms with Crippen molar-refractivity contribution in [2.75, 3.05) is 39.3 Å². The Morgan fingerprint density at radius 2 is 1.63 bits per heavy atom. The molecule has 0 spiro atoms. The van der Waals surface area contributed by atoms with Gasteiger partial charge in [-0.05, 0) is 25.8 Å². The van der Waals surface area contributed by atoms with Gasteiger partial charge < -0.3 is 5.32 Å². The average Bonchev–Trinajstić information content (AvgIpc) is 3.12. The highest BCUT2D eigenvalue weighted by Gasteiger charge is 2.36. The van der Waals surface area contributed by atoms with E-state index in [0.29, 0.717) is 19.6 Å². The zero-order chi connectivity index (χ0) is 13.3. The molecule has 0 aromatic heterocycles. The minimum absolute atomic E-state index is 0.189. The number of sulfonamides is 1. The fraction of sp³-hybridized carbons (Fsp3) is 1.00. The summed E-state index contributed by atoms with van der Waals surface area (Å²) in [5.41, 5.74) is 0. The van der Waals surface area contributed by atoms with Crippen molar-refractivity contribution in [3.63, 3.8) is 0 Å². The third kappa shape index (κ3) is 2.82. The molecule has 1 N–H and O–H groups in total. The summed E-state index contributed by atoms with van der Waals surface area (Å²) in [4.78, 5) is 2.51. The predicted octanol–water partition coefficient (Wildman–Crippen LogP) is 0.238. The molecule has 3 aliphatic rings. The van der Waals surface area contributed by atoms with Gasteiger partial charge in [0, 0.05) is 38.8 Å². The Balaban J connectivity index is 1.57. The predicted molar refractivity (Wildman–Crippen MR) is 75.6 cm³/mol. The van der Waals surface area contributed by atoms with Crippen molar-refractivity contribution in [2.24, 2.45) is 0 Å². The largest absolute Gasteiger partial charge is 0.315 e. The molecule has 2 heterocycles. The SMILES string of the molecule is O=S(=O)(C1CCNC1)N1CCN(C2CCCC2)CC1. The first-order chi connectivity index (χ1) is 9.18. The zero-order valence-corrected chi connectivity index (χ0v) is 12.4. The van der Waals surface area contributed by atoms with Gasteiger partial charge in [0.25, 0.3) is 0 Å². The van der Waals surface area contributed by atoms with Crippen LogP contribution in [-0.4, -0.2) is 68.2 Å². The van der Waals surface area contributed by atoms with Crippen molar-refractivity contribution >= 4 is 10.0 Å². The van der Waals surface area contributed by atoms with E-state index < -0.39 is 10.0 Å². The zero-order valence-electron chi connectivity index (χ0n) is 11.6. The van der Waals surface area contributed by atoms with E-state index in [4.69, 9.17) is 0 Å². The number of hydrogen-bond acceptors (Lipinski definition) is 4. The second-order valence-electron chi connectivity index (χ2n) is 6.03. The van der Waals surface area contributed by atoms with Crippen molar-refractivity contribution in [3.8, 4) is 0 Å². The maximum Gasteiger partial charge on any atom is 0.218 e. The maximum absolute atomic E-state index is 12.5. The van der Waals surface area contributed by atoms with Crippen LogP contribution in [0.25, 0.3) is 0 Å². The number of hydrogen-bond donors (Lipinski definition) is 1. The maximum atomic E-state index is 12.5. The normalized spacial score (nSPS) is 32.1. The fourth-order valence-electron chi connectivity index (χ4n) is 3.69. The molecule has 0 bridgehead atoms. The van der Waals surface area contributed by atoms with Gasteiger partial charge in [-0.25, -0.2) is 8.42 Å². The van der Waals surface area contributed by atoms with Gasteiger partial charge in [-0.1, -0.05) is 12.8 Å². The van der Waals surface area contributed by atoms with E-state index in [9.17, 15) is 8.42 Å². The Morgan fingerprint density at radius 3 is 2.21 bits per heavy atom. The summed E-state index contributed by atoms with van der Waals surface area (Å²) in [5.74, 6) is 0. The van der Waals surface area contributed by atoms with Gasteiger partial charge in [-0.3, -0.25) is 4.90 Å². The molecule has 3 rings (SSSR count). The van der Waals surface area contributed by atoms with Crippen molar-refractivity contribution in [3.05, 3.63) is 0 Å². The summed E-state index contributed by atoms with van der Waals surface area (Å²) in [6.07, 6.45) is 6.07. The number of nitrogens with one attached hydrogen (secondary N) is 1. The molecule has 2 saturated heterocycles. The van der Waals surface area contributed by atoms with Gasteiger partial charge >= 0.3 is 0 Å². The Labute approximate surface area is 116 Å². The van der Waals surface area contributed by atoms with Gasteiger partial charge in [-0.15, -0.1) is 0 Å². The fourth-order valence-corrected chi connectivity index (χ4v) is 5.52. The third-order valence-corrected chi connectivity index (χ3v) is 7.24. The van der Waals surface area contributed by atoms with E-state index in [0.717, 1.165) is 32.1 Å². The van der Waals surface area contributed by atoms with Gasteiger partial charge in [0.05, 0.1) is 5.25 Å². The van der Waals surface area contributed by atoms with E-state index in [1.165, 1.54) is 25.7 Å². The lowest BCUT2D eigenvalue weighted by Crippen LogP contribution is -2.53. The van der Waals surface area contributed by atoms with Crippen LogP contribution in [0.15, 0.2) is 0 Å². The number of nitrogens with zero attached hydrogens (tertiary/aromatic N) is 2. The molecule has 19 heavy (non-hydrogen) atoms. The minimum atomic E-state index is -3.06. The molecule has 1 unspecified atom stereocenters. The van der Waals surface area contributed by atoms with Gasteiger partial charge in [0.1, 0.15) is 0 Å². The van der Waals surface area contributed by atoms with Crippen molar-refractivity contribution in [1.82, 2.24) is 14.5 Å². The monoisotopic (exact) mass is 287 g/mol. The summed E-state index contributed by atoms with van der Waals surface area (Å²) >= 11 is 0. The lowest BCUT2D eigenvalue weighted by atomic mass is 10.2. The highest BCUT2D eigenvalue weighted by Crippen LogP contribution is 2.25. The number of piperazine rings is 1. The van der Waals surface area contributed by atoms with Gasteiger partial charge in [-0.2, -0.15) is 4.31 Å². The van der Waals surface area contributed by atoms with E-state index in [2.05, 4.69) is 10.2 Å². The van der Waals surface area contributed by atoms with E-state index in [1.807, 2.05) is 0 Å². The molecule has 3 fully saturated rings. The molecule has 0 amide bonds. The number of rotatable bonds is 3. The summed E-state index contributed by atoms with van der Waals surface area (Å²) in [5, 5.41) is 2.97. The van der Waals surface area contributed by atoms with Crippen LogP contribution in [0.5, 0.6) is 0 Å². The Bertz CT molecular complexity index is 392. The molecule has 2 aliphatic heterocycles. The summed E-state index contributed by atoms with van der Waals surface area (Å²) in [6.45, 7) is 4.69. The van der Waals surface area contributed by atoms with Crippen LogP contribution in [0.1, 0.15) is 32.1 Å². The quantitative estimate of drug-likeness (QED) is 0.808. The smallest absolute Gasteiger partial charge is 0.218 e. The van der Waals surface area contributed by atoms with Crippen molar-refractivity contribution in [2.45, 2.75) is 43.4 Å². The van der Waals surface area contributed by atoms with E-state index in [-0.39, 0.29) is 5.25 Å². The topological polar surface area (TPSA) is 52.7 Å². The molecule has 1 atom stereocenters. The Kier molecular flexibility index (Phi) is 4.12. The summed E-state index contributed by atoms with van der Waals surface area (Å²) in [7, 11) is -3.06. The molecule has 6 heteroatoms. The minimum Gasteiger partial charge on any atom is -0.315 e. The molecule has 0 aromatic carbocycles. The van der Waals surface area contributed by atoms with Crippen LogP contribution in [0.2, 0.25) is 0 Å². The standard InChI is InChI=1S/C13H25N3O2S/c17-19(18,13-5-6-14-11-13)16-9-7-15(8-10-16)12-3-1-2-4-12/h12-14H,1-11H2. The summed E-state index contributed by atoms with van der Waals surface area (Å²) < 4.78 is 26.7. The molecule has 0 radical (unpaired) electrons. The first kappa shape index (κ1) is 13.8. The molecule has 1 saturated carbocycles. The molecule has 0 aromatic rings.